The van der Waals surface area contributed by atoms with Crippen LogP contribution >= 0.6 is 0 Å². The van der Waals surface area contributed by atoms with E-state index in [-0.39, 0.29) is 17.9 Å². The van der Waals surface area contributed by atoms with Crippen molar-refractivity contribution in [3.63, 3.8) is 0 Å². The number of nitrogens with one attached hydrogen (secondary N) is 2. The molecule has 2 atom stereocenters. The van der Waals surface area contributed by atoms with Crippen LogP contribution in [0, 0.1) is 6.92 Å². The summed E-state index contributed by atoms with van der Waals surface area (Å²) in [6.45, 7) is 1.78. The van der Waals surface area contributed by atoms with Crippen LogP contribution < -0.4 is 10.6 Å². The van der Waals surface area contributed by atoms with E-state index in [1.807, 2.05) is 36.4 Å². The van der Waals surface area contributed by atoms with E-state index in [4.69, 9.17) is 0 Å². The number of aryl methyl sites for hydroxylation is 1. The van der Waals surface area contributed by atoms with Crippen LogP contribution in [0.5, 0.6) is 0 Å². The summed E-state index contributed by atoms with van der Waals surface area (Å²) in [5.41, 5.74) is 2.02. The van der Waals surface area contributed by atoms with Crippen LogP contribution in [-0.4, -0.2) is 31.6 Å². The topological polar surface area (TPSA) is 76.8 Å². The summed E-state index contributed by atoms with van der Waals surface area (Å²) >= 11 is 0. The molecule has 1 aliphatic heterocycles. The van der Waals surface area contributed by atoms with Crippen molar-refractivity contribution in [2.45, 2.75) is 31.6 Å². The monoisotopic (exact) mass is 466 g/mol. The van der Waals surface area contributed by atoms with Crippen LogP contribution in [0.4, 0.5) is 24.8 Å². The third kappa shape index (κ3) is 4.14. The van der Waals surface area contributed by atoms with Gasteiger partial charge >= 0.3 is 6.18 Å². The fourth-order valence-electron chi connectivity index (χ4n) is 4.12. The smallest absolute Gasteiger partial charge is 0.363 e. The number of fused-ring (bicyclic) bond motifs is 1. The zero-order valence-corrected chi connectivity index (χ0v) is 18.1. The highest BCUT2D eigenvalue weighted by Gasteiger charge is 2.46. The number of carbonyl (C=O) groups is 1. The number of halogens is 3. The van der Waals surface area contributed by atoms with Gasteiger partial charge in [0.25, 0.3) is 5.91 Å². The third-order valence-electron chi connectivity index (χ3n) is 5.70. The molecule has 2 aromatic heterocycles. The molecule has 1 amide bonds. The van der Waals surface area contributed by atoms with Crippen molar-refractivity contribution in [3.05, 3.63) is 89.7 Å². The fraction of sp³-hybridized carbons (Fsp3) is 0.208. The molecule has 2 aromatic carbocycles. The number of alkyl halides is 3. The highest BCUT2D eigenvalue weighted by atomic mass is 19.4. The van der Waals surface area contributed by atoms with Crippen LogP contribution in [0.25, 0.3) is 5.69 Å². The minimum Gasteiger partial charge on any atom is -0.363 e. The number of nitrogens with zero attached hydrogens (tertiary/aromatic N) is 4. The van der Waals surface area contributed by atoms with Crippen LogP contribution in [0.3, 0.4) is 0 Å². The molecule has 0 fully saturated rings. The Hall–Kier alpha value is -4.08. The Balaban J connectivity index is 1.45. The van der Waals surface area contributed by atoms with E-state index in [0.717, 1.165) is 15.9 Å². The second kappa shape index (κ2) is 8.36. The minimum atomic E-state index is -4.52. The van der Waals surface area contributed by atoms with Crippen molar-refractivity contribution in [2.24, 2.45) is 0 Å². The summed E-state index contributed by atoms with van der Waals surface area (Å²) in [6, 6.07) is 18.7. The molecule has 0 unspecified atom stereocenters. The highest BCUT2D eigenvalue weighted by molar-refractivity contribution is 6.03. The maximum absolute atomic E-state index is 13.9. The summed E-state index contributed by atoms with van der Waals surface area (Å²) in [6.07, 6.45) is -4.75. The van der Waals surface area contributed by atoms with E-state index in [2.05, 4.69) is 20.8 Å². The highest BCUT2D eigenvalue weighted by Crippen LogP contribution is 2.43. The number of carbonyl (C=O) groups excluding carboxylic acids is 1. The van der Waals surface area contributed by atoms with Crippen LogP contribution in [0.1, 0.15) is 40.3 Å². The fourth-order valence-corrected chi connectivity index (χ4v) is 4.12. The first-order valence-corrected chi connectivity index (χ1v) is 10.7. The van der Waals surface area contributed by atoms with Gasteiger partial charge in [-0.3, -0.25) is 4.79 Å². The molecule has 5 rings (SSSR count). The average Bonchev–Trinajstić information content (AvgIpc) is 3.42. The van der Waals surface area contributed by atoms with Gasteiger partial charge in [-0.1, -0.05) is 48.5 Å². The molecule has 0 aliphatic carbocycles. The second-order valence-corrected chi connectivity index (χ2v) is 8.13. The van der Waals surface area contributed by atoms with Gasteiger partial charge in [0.05, 0.1) is 17.4 Å². The maximum Gasteiger partial charge on any atom is 0.410 e. The number of anilines is 2. The Kier molecular flexibility index (Phi) is 5.35. The van der Waals surface area contributed by atoms with Crippen molar-refractivity contribution < 1.29 is 18.0 Å². The van der Waals surface area contributed by atoms with Crippen molar-refractivity contribution in [1.29, 1.82) is 0 Å². The van der Waals surface area contributed by atoms with E-state index in [0.29, 0.717) is 11.5 Å². The van der Waals surface area contributed by atoms with Crippen LogP contribution in [-0.2, 0) is 0 Å². The number of aromatic nitrogens is 4. The molecule has 174 valence electrons. The van der Waals surface area contributed by atoms with Gasteiger partial charge in [0.15, 0.2) is 11.7 Å². The zero-order chi connectivity index (χ0) is 23.9. The first-order valence-electron chi connectivity index (χ1n) is 10.7. The Bertz CT molecular complexity index is 1310. The molecule has 10 heteroatoms. The van der Waals surface area contributed by atoms with Crippen molar-refractivity contribution >= 4 is 17.5 Å². The maximum atomic E-state index is 13.9. The lowest BCUT2D eigenvalue weighted by Gasteiger charge is -2.33. The van der Waals surface area contributed by atoms with Crippen LogP contribution in [0.2, 0.25) is 0 Å². The molecule has 34 heavy (non-hydrogen) atoms. The number of para-hydroxylation sites is 1. The molecule has 0 spiro atoms. The lowest BCUT2D eigenvalue weighted by atomic mass is 9.97. The Labute approximate surface area is 193 Å². The normalized spacial score (nSPS) is 17.6. The van der Waals surface area contributed by atoms with Gasteiger partial charge in [-0.25, -0.2) is 9.36 Å². The number of amides is 1. The Morgan fingerprint density at radius 2 is 1.71 bits per heavy atom. The SMILES string of the molecule is Cc1cc(NC(=O)c2cc3n(n2)[C@H](C(F)(F)F)C[C@H](c2ccccc2)N3)n(-c2ccccc2)n1. The number of benzene rings is 2. The minimum absolute atomic E-state index is 0.121. The summed E-state index contributed by atoms with van der Waals surface area (Å²) in [5, 5.41) is 14.2. The van der Waals surface area contributed by atoms with Crippen molar-refractivity contribution in [1.82, 2.24) is 19.6 Å². The van der Waals surface area contributed by atoms with E-state index in [9.17, 15) is 18.0 Å². The molecule has 2 N–H and O–H groups in total. The summed E-state index contributed by atoms with van der Waals surface area (Å²) < 4.78 is 44.1. The molecular weight excluding hydrogens is 445 g/mol. The van der Waals surface area contributed by atoms with E-state index < -0.39 is 24.2 Å². The predicted molar refractivity (Wildman–Crippen MR) is 121 cm³/mol. The van der Waals surface area contributed by atoms with Gasteiger partial charge in [0.1, 0.15) is 11.6 Å². The molecule has 1 aliphatic rings. The van der Waals surface area contributed by atoms with Gasteiger partial charge in [0.2, 0.25) is 0 Å². The van der Waals surface area contributed by atoms with Crippen molar-refractivity contribution in [3.8, 4) is 5.69 Å². The second-order valence-electron chi connectivity index (χ2n) is 8.13. The number of hydrogen-bond acceptors (Lipinski definition) is 4. The average molecular weight is 466 g/mol. The van der Waals surface area contributed by atoms with Crippen molar-refractivity contribution in [2.75, 3.05) is 10.6 Å². The molecule has 0 radical (unpaired) electrons. The Morgan fingerprint density at radius 3 is 2.38 bits per heavy atom. The quantitative estimate of drug-likeness (QED) is 0.429. The molecule has 0 saturated heterocycles. The summed E-state index contributed by atoms with van der Waals surface area (Å²) in [4.78, 5) is 13.0. The van der Waals surface area contributed by atoms with Crippen LogP contribution in [0.15, 0.2) is 72.8 Å². The summed E-state index contributed by atoms with van der Waals surface area (Å²) in [7, 11) is 0. The van der Waals surface area contributed by atoms with Gasteiger partial charge in [-0.2, -0.15) is 23.4 Å². The van der Waals surface area contributed by atoms with Gasteiger partial charge in [0, 0.05) is 18.6 Å². The molecule has 3 heterocycles. The zero-order valence-electron chi connectivity index (χ0n) is 18.1. The molecule has 4 aromatic rings. The largest absolute Gasteiger partial charge is 0.410 e. The number of rotatable bonds is 4. The lowest BCUT2D eigenvalue weighted by molar-refractivity contribution is -0.173. The number of hydrogen-bond donors (Lipinski definition) is 2. The molecular formula is C24H21F3N6O. The van der Waals surface area contributed by atoms with E-state index in [1.165, 1.54) is 6.07 Å². The Morgan fingerprint density at radius 1 is 1.03 bits per heavy atom. The molecule has 0 saturated carbocycles. The van der Waals surface area contributed by atoms with E-state index in [1.54, 1.807) is 41.9 Å². The first-order chi connectivity index (χ1) is 16.3. The lowest BCUT2D eigenvalue weighted by Crippen LogP contribution is -2.35. The third-order valence-corrected chi connectivity index (χ3v) is 5.70. The summed E-state index contributed by atoms with van der Waals surface area (Å²) in [5.74, 6) is -0.0968. The van der Waals surface area contributed by atoms with Gasteiger partial charge in [-0.05, 0) is 24.6 Å². The van der Waals surface area contributed by atoms with Gasteiger partial charge in [-0.15, -0.1) is 0 Å². The standard InChI is InChI=1S/C24H21F3N6O/c1-15-12-21(32(30-15)17-10-6-3-7-11-17)29-23(34)19-14-22-28-18(16-8-4-2-5-9-16)13-20(24(25,26)27)33(22)31-19/h2-12,14,18,20,28H,13H2,1H3,(H,29,34)/t18-,20+/m1/s1. The van der Waals surface area contributed by atoms with E-state index >= 15 is 0 Å². The molecule has 0 bridgehead atoms. The van der Waals surface area contributed by atoms with Gasteiger partial charge < -0.3 is 10.6 Å². The first kappa shape index (κ1) is 21.7. The molecule has 7 nitrogen and oxygen atoms in total. The predicted octanol–water partition coefficient (Wildman–Crippen LogP) is 5.29.